The van der Waals surface area contributed by atoms with Crippen molar-refractivity contribution in [3.8, 4) is 0 Å². The molecule has 2 rings (SSSR count). The predicted octanol–water partition coefficient (Wildman–Crippen LogP) is 2.87. The van der Waals surface area contributed by atoms with Crippen LogP contribution in [-0.4, -0.2) is 29.1 Å². The van der Waals surface area contributed by atoms with Crippen LogP contribution >= 0.6 is 11.6 Å². The summed E-state index contributed by atoms with van der Waals surface area (Å²) in [4.78, 5) is 16.8. The molecule has 0 atom stereocenters. The molecule has 0 spiro atoms. The van der Waals surface area contributed by atoms with Crippen LogP contribution in [-0.2, 0) is 11.2 Å². The van der Waals surface area contributed by atoms with Gasteiger partial charge in [0.1, 0.15) is 6.54 Å². The third-order valence-electron chi connectivity index (χ3n) is 2.92. The molecule has 4 nitrogen and oxygen atoms in total. The number of halogens is 1. The Morgan fingerprint density at radius 2 is 2.00 bits per heavy atom. The van der Waals surface area contributed by atoms with E-state index in [0.717, 1.165) is 17.7 Å². The van der Waals surface area contributed by atoms with Gasteiger partial charge in [0.25, 0.3) is 0 Å². The molecule has 104 valence electrons. The second-order valence-corrected chi connectivity index (χ2v) is 4.84. The van der Waals surface area contributed by atoms with Gasteiger partial charge < -0.3 is 10.0 Å². The highest BCUT2D eigenvalue weighted by Crippen LogP contribution is 2.19. The quantitative estimate of drug-likeness (QED) is 0.889. The molecule has 1 N–H and O–H groups in total. The van der Waals surface area contributed by atoms with E-state index in [9.17, 15) is 4.79 Å². The smallest absolute Gasteiger partial charge is 0.323 e. The average Bonchev–Trinajstić information content (AvgIpc) is 2.44. The largest absolute Gasteiger partial charge is 0.480 e. The van der Waals surface area contributed by atoms with Gasteiger partial charge in [0, 0.05) is 29.6 Å². The van der Waals surface area contributed by atoms with E-state index in [1.54, 1.807) is 29.4 Å². The van der Waals surface area contributed by atoms with Gasteiger partial charge in [0.05, 0.1) is 0 Å². The minimum Gasteiger partial charge on any atom is -0.480 e. The number of benzene rings is 1. The number of rotatable bonds is 6. The number of carboxylic acid groups (broad SMARTS) is 1. The fourth-order valence-electron chi connectivity index (χ4n) is 1.95. The lowest BCUT2D eigenvalue weighted by atomic mass is 10.2. The molecule has 1 aromatic carbocycles. The highest BCUT2D eigenvalue weighted by molar-refractivity contribution is 6.30. The number of carbonyl (C=O) groups is 1. The Balaban J connectivity index is 2.09. The van der Waals surface area contributed by atoms with E-state index in [1.165, 1.54) is 0 Å². The summed E-state index contributed by atoms with van der Waals surface area (Å²) in [5.41, 5.74) is 1.94. The standard InChI is InChI=1S/C15H15ClN2O2/c16-13-2-1-3-14(10-13)18(11-15(19)20)9-6-12-4-7-17-8-5-12/h1-5,7-8,10H,6,9,11H2,(H,19,20). The molecule has 0 saturated heterocycles. The van der Waals surface area contributed by atoms with Crippen LogP contribution in [0.3, 0.4) is 0 Å². The minimum absolute atomic E-state index is 0.0502. The van der Waals surface area contributed by atoms with Crippen LogP contribution in [0.15, 0.2) is 48.8 Å². The Morgan fingerprint density at radius 3 is 2.65 bits per heavy atom. The summed E-state index contributed by atoms with van der Waals surface area (Å²) in [6.45, 7) is 0.558. The molecule has 0 saturated carbocycles. The number of aliphatic carboxylic acids is 1. The maximum atomic E-state index is 11.0. The first-order chi connectivity index (χ1) is 9.65. The van der Waals surface area contributed by atoms with Crippen LogP contribution in [0.2, 0.25) is 5.02 Å². The molecule has 0 radical (unpaired) electrons. The van der Waals surface area contributed by atoms with Gasteiger partial charge in [0.15, 0.2) is 0 Å². The van der Waals surface area contributed by atoms with E-state index in [4.69, 9.17) is 16.7 Å². The first-order valence-corrected chi connectivity index (χ1v) is 6.64. The number of pyridine rings is 1. The lowest BCUT2D eigenvalue weighted by Crippen LogP contribution is -2.31. The topological polar surface area (TPSA) is 53.4 Å². The van der Waals surface area contributed by atoms with Crippen molar-refractivity contribution in [2.24, 2.45) is 0 Å². The van der Waals surface area contributed by atoms with E-state index >= 15 is 0 Å². The van der Waals surface area contributed by atoms with Crippen LogP contribution in [0.1, 0.15) is 5.56 Å². The average molecular weight is 291 g/mol. The zero-order valence-corrected chi connectivity index (χ0v) is 11.6. The Labute approximate surface area is 122 Å². The van der Waals surface area contributed by atoms with Crippen LogP contribution in [0.5, 0.6) is 0 Å². The van der Waals surface area contributed by atoms with Crippen molar-refractivity contribution < 1.29 is 9.90 Å². The minimum atomic E-state index is -0.861. The fourth-order valence-corrected chi connectivity index (χ4v) is 2.13. The Bertz CT molecular complexity index is 575. The molecule has 5 heteroatoms. The van der Waals surface area contributed by atoms with Crippen LogP contribution in [0.25, 0.3) is 0 Å². The van der Waals surface area contributed by atoms with Gasteiger partial charge >= 0.3 is 5.97 Å². The summed E-state index contributed by atoms with van der Waals surface area (Å²) in [5.74, 6) is -0.861. The monoisotopic (exact) mass is 290 g/mol. The van der Waals surface area contributed by atoms with Gasteiger partial charge in [-0.25, -0.2) is 0 Å². The highest BCUT2D eigenvalue weighted by Gasteiger charge is 2.11. The molecule has 0 aliphatic heterocycles. The highest BCUT2D eigenvalue weighted by atomic mass is 35.5. The predicted molar refractivity (Wildman–Crippen MR) is 79.2 cm³/mol. The number of anilines is 1. The second kappa shape index (κ2) is 6.91. The summed E-state index contributed by atoms with van der Waals surface area (Å²) >= 11 is 5.96. The van der Waals surface area contributed by atoms with E-state index in [1.807, 2.05) is 24.3 Å². The molecule has 2 aromatic rings. The summed E-state index contributed by atoms with van der Waals surface area (Å²) in [7, 11) is 0. The second-order valence-electron chi connectivity index (χ2n) is 4.40. The van der Waals surface area contributed by atoms with Gasteiger partial charge in [-0.2, -0.15) is 0 Å². The fraction of sp³-hybridized carbons (Fsp3) is 0.200. The van der Waals surface area contributed by atoms with E-state index < -0.39 is 5.97 Å². The molecule has 1 heterocycles. The van der Waals surface area contributed by atoms with Gasteiger partial charge in [-0.05, 0) is 42.3 Å². The molecule has 0 aliphatic carbocycles. The molecule has 0 aliphatic rings. The normalized spacial score (nSPS) is 10.2. The molecule has 0 unspecified atom stereocenters. The van der Waals surface area contributed by atoms with Crippen LogP contribution < -0.4 is 4.90 Å². The first-order valence-electron chi connectivity index (χ1n) is 6.26. The molecule has 1 aromatic heterocycles. The Kier molecular flexibility index (Phi) is 4.96. The number of carboxylic acids is 1. The van der Waals surface area contributed by atoms with Gasteiger partial charge in [0.2, 0.25) is 0 Å². The van der Waals surface area contributed by atoms with E-state index in [2.05, 4.69) is 4.98 Å². The van der Waals surface area contributed by atoms with Crippen LogP contribution in [0.4, 0.5) is 5.69 Å². The van der Waals surface area contributed by atoms with Gasteiger partial charge in [-0.15, -0.1) is 0 Å². The van der Waals surface area contributed by atoms with Crippen molar-refractivity contribution in [1.29, 1.82) is 0 Å². The lowest BCUT2D eigenvalue weighted by molar-refractivity contribution is -0.135. The van der Waals surface area contributed by atoms with Crippen molar-refractivity contribution in [3.05, 3.63) is 59.4 Å². The zero-order chi connectivity index (χ0) is 14.4. The maximum absolute atomic E-state index is 11.0. The Hall–Kier alpha value is -2.07. The molecular formula is C15H15ClN2O2. The first kappa shape index (κ1) is 14.3. The van der Waals surface area contributed by atoms with Crippen molar-refractivity contribution >= 4 is 23.3 Å². The van der Waals surface area contributed by atoms with E-state index in [-0.39, 0.29) is 6.54 Å². The Morgan fingerprint density at radius 1 is 1.25 bits per heavy atom. The number of nitrogens with zero attached hydrogens (tertiary/aromatic N) is 2. The molecule has 0 fully saturated rings. The SMILES string of the molecule is O=C(O)CN(CCc1ccncc1)c1cccc(Cl)c1. The molecule has 0 bridgehead atoms. The van der Waals surface area contributed by atoms with Gasteiger partial charge in [-0.3, -0.25) is 9.78 Å². The van der Waals surface area contributed by atoms with Crippen molar-refractivity contribution in [1.82, 2.24) is 4.98 Å². The third kappa shape index (κ3) is 4.24. The summed E-state index contributed by atoms with van der Waals surface area (Å²) in [6.07, 6.45) is 4.22. The molecule has 0 amide bonds. The van der Waals surface area contributed by atoms with Crippen molar-refractivity contribution in [2.75, 3.05) is 18.0 Å². The number of aromatic nitrogens is 1. The molecular weight excluding hydrogens is 276 g/mol. The summed E-state index contributed by atoms with van der Waals surface area (Å²) < 4.78 is 0. The summed E-state index contributed by atoms with van der Waals surface area (Å²) in [6, 6.07) is 11.1. The zero-order valence-electron chi connectivity index (χ0n) is 10.9. The van der Waals surface area contributed by atoms with Crippen LogP contribution in [0, 0.1) is 0 Å². The third-order valence-corrected chi connectivity index (χ3v) is 3.15. The van der Waals surface area contributed by atoms with Gasteiger partial charge in [-0.1, -0.05) is 17.7 Å². The number of hydrogen-bond acceptors (Lipinski definition) is 3. The lowest BCUT2D eigenvalue weighted by Gasteiger charge is -2.23. The molecule has 20 heavy (non-hydrogen) atoms. The number of hydrogen-bond donors (Lipinski definition) is 1. The van der Waals surface area contributed by atoms with Crippen molar-refractivity contribution in [3.63, 3.8) is 0 Å². The van der Waals surface area contributed by atoms with E-state index in [0.29, 0.717) is 11.6 Å². The summed E-state index contributed by atoms with van der Waals surface area (Å²) in [5, 5.41) is 9.63. The maximum Gasteiger partial charge on any atom is 0.323 e. The van der Waals surface area contributed by atoms with Crippen molar-refractivity contribution in [2.45, 2.75) is 6.42 Å².